The minimum atomic E-state index is -0.196. The highest BCUT2D eigenvalue weighted by molar-refractivity contribution is 5.94. The van der Waals surface area contributed by atoms with Crippen LogP contribution < -0.4 is 10.1 Å². The number of nitrogens with zero attached hydrogens (tertiary/aromatic N) is 1. The number of hydrogen-bond donors (Lipinski definition) is 1. The van der Waals surface area contributed by atoms with Crippen molar-refractivity contribution in [3.8, 4) is 5.75 Å². The Kier molecular flexibility index (Phi) is 7.40. The second-order valence-electron chi connectivity index (χ2n) is 6.82. The van der Waals surface area contributed by atoms with Gasteiger partial charge in [0.25, 0.3) is 5.91 Å². The summed E-state index contributed by atoms with van der Waals surface area (Å²) in [6.07, 6.45) is 0.0116. The van der Waals surface area contributed by atoms with Crippen molar-refractivity contribution in [3.63, 3.8) is 0 Å². The Balaban J connectivity index is 1.72. The van der Waals surface area contributed by atoms with Gasteiger partial charge in [-0.2, -0.15) is 0 Å². The van der Waals surface area contributed by atoms with Crippen molar-refractivity contribution in [1.82, 2.24) is 10.2 Å². The van der Waals surface area contributed by atoms with Crippen LogP contribution in [0.15, 0.2) is 24.3 Å². The molecule has 1 aromatic rings. The number of nitrogens with one attached hydrogen (secondary N) is 1. The molecule has 0 aliphatic carbocycles. The maximum absolute atomic E-state index is 12.0. The predicted octanol–water partition coefficient (Wildman–Crippen LogP) is 1.74. The van der Waals surface area contributed by atoms with Gasteiger partial charge < -0.3 is 14.8 Å². The Morgan fingerprint density at radius 3 is 2.92 bits per heavy atom. The third kappa shape index (κ3) is 6.84. The number of carbonyl (C=O) groups excluding carboxylic acids is 2. The molecular weight excluding hydrogens is 320 g/mol. The van der Waals surface area contributed by atoms with E-state index in [9.17, 15) is 9.59 Å². The fourth-order valence-electron chi connectivity index (χ4n) is 2.82. The van der Waals surface area contributed by atoms with E-state index in [1.807, 2.05) is 0 Å². The summed E-state index contributed by atoms with van der Waals surface area (Å²) >= 11 is 0. The third-order valence-corrected chi connectivity index (χ3v) is 3.98. The van der Waals surface area contributed by atoms with E-state index in [0.717, 1.165) is 19.6 Å². The Bertz CT molecular complexity index is 589. The monoisotopic (exact) mass is 348 g/mol. The van der Waals surface area contributed by atoms with Crippen LogP contribution in [-0.2, 0) is 9.53 Å². The van der Waals surface area contributed by atoms with Gasteiger partial charge >= 0.3 is 0 Å². The average Bonchev–Trinajstić information content (AvgIpc) is 2.58. The van der Waals surface area contributed by atoms with E-state index in [1.54, 1.807) is 24.3 Å². The molecule has 138 valence electrons. The minimum absolute atomic E-state index is 0.0116. The van der Waals surface area contributed by atoms with Crippen LogP contribution in [0.25, 0.3) is 0 Å². The van der Waals surface area contributed by atoms with Crippen LogP contribution >= 0.6 is 0 Å². The van der Waals surface area contributed by atoms with Gasteiger partial charge in [0.05, 0.1) is 12.7 Å². The van der Waals surface area contributed by atoms with Crippen molar-refractivity contribution >= 4 is 11.7 Å². The Morgan fingerprint density at radius 2 is 2.20 bits per heavy atom. The molecule has 0 aromatic heterocycles. The molecule has 1 aromatic carbocycles. The molecule has 1 heterocycles. The number of benzene rings is 1. The van der Waals surface area contributed by atoms with Gasteiger partial charge in [0.1, 0.15) is 5.75 Å². The van der Waals surface area contributed by atoms with Gasteiger partial charge in [0, 0.05) is 31.7 Å². The van der Waals surface area contributed by atoms with E-state index in [-0.39, 0.29) is 24.4 Å². The zero-order valence-electron chi connectivity index (χ0n) is 15.3. The molecule has 25 heavy (non-hydrogen) atoms. The van der Waals surface area contributed by atoms with Crippen LogP contribution in [0.5, 0.6) is 5.75 Å². The molecule has 1 aliphatic rings. The molecule has 1 aliphatic heterocycles. The quantitative estimate of drug-likeness (QED) is 0.725. The van der Waals surface area contributed by atoms with Crippen molar-refractivity contribution < 1.29 is 19.1 Å². The van der Waals surface area contributed by atoms with Crippen LogP contribution in [0, 0.1) is 5.92 Å². The second kappa shape index (κ2) is 9.53. The van der Waals surface area contributed by atoms with Crippen molar-refractivity contribution in [2.24, 2.45) is 5.92 Å². The predicted molar refractivity (Wildman–Crippen MR) is 96.0 cm³/mol. The Morgan fingerprint density at radius 1 is 1.40 bits per heavy atom. The summed E-state index contributed by atoms with van der Waals surface area (Å²) in [4.78, 5) is 25.7. The molecule has 6 nitrogen and oxygen atoms in total. The summed E-state index contributed by atoms with van der Waals surface area (Å²) in [5.41, 5.74) is 0.568. The average molecular weight is 348 g/mol. The first kappa shape index (κ1) is 19.4. The summed E-state index contributed by atoms with van der Waals surface area (Å²) in [6, 6.07) is 6.83. The first-order valence-corrected chi connectivity index (χ1v) is 8.78. The SMILES string of the molecule is CC(=O)c1cccc(OCC(=O)NCC2CN(CC(C)C)CCO2)c1. The van der Waals surface area contributed by atoms with Crippen LogP contribution in [0.1, 0.15) is 31.1 Å². The van der Waals surface area contributed by atoms with Crippen molar-refractivity contribution in [2.75, 3.05) is 39.4 Å². The Hall–Kier alpha value is -1.92. The van der Waals surface area contributed by atoms with Gasteiger partial charge in [0.2, 0.25) is 0 Å². The van der Waals surface area contributed by atoms with E-state index < -0.39 is 0 Å². The number of ether oxygens (including phenoxy) is 2. The summed E-state index contributed by atoms with van der Waals surface area (Å²) in [6.45, 7) is 9.81. The van der Waals surface area contributed by atoms with Gasteiger partial charge in [-0.25, -0.2) is 0 Å². The van der Waals surface area contributed by atoms with Crippen LogP contribution in [0.2, 0.25) is 0 Å². The van der Waals surface area contributed by atoms with E-state index in [2.05, 4.69) is 24.1 Å². The van der Waals surface area contributed by atoms with Gasteiger partial charge in [-0.15, -0.1) is 0 Å². The maximum atomic E-state index is 12.0. The van der Waals surface area contributed by atoms with E-state index in [0.29, 0.717) is 30.4 Å². The van der Waals surface area contributed by atoms with E-state index >= 15 is 0 Å². The van der Waals surface area contributed by atoms with E-state index in [1.165, 1.54) is 6.92 Å². The maximum Gasteiger partial charge on any atom is 0.258 e. The smallest absolute Gasteiger partial charge is 0.258 e. The lowest BCUT2D eigenvalue weighted by molar-refractivity contribution is -0.124. The highest BCUT2D eigenvalue weighted by atomic mass is 16.5. The number of carbonyl (C=O) groups is 2. The van der Waals surface area contributed by atoms with Crippen LogP contribution in [-0.4, -0.2) is 62.1 Å². The topological polar surface area (TPSA) is 67.9 Å². The van der Waals surface area contributed by atoms with Crippen molar-refractivity contribution in [3.05, 3.63) is 29.8 Å². The van der Waals surface area contributed by atoms with Gasteiger partial charge in [0.15, 0.2) is 12.4 Å². The Labute approximate surface area is 149 Å². The molecule has 0 spiro atoms. The number of ketones is 1. The molecular formula is C19H28N2O4. The molecule has 1 saturated heterocycles. The lowest BCUT2D eigenvalue weighted by Crippen LogP contribution is -2.48. The van der Waals surface area contributed by atoms with Crippen molar-refractivity contribution in [2.45, 2.75) is 26.9 Å². The lowest BCUT2D eigenvalue weighted by atomic mass is 10.1. The van der Waals surface area contributed by atoms with E-state index in [4.69, 9.17) is 9.47 Å². The molecule has 0 radical (unpaired) electrons. The standard InChI is InChI=1S/C19H28N2O4/c1-14(2)11-21-7-8-24-18(12-21)10-20-19(23)13-25-17-6-4-5-16(9-17)15(3)22/h4-6,9,14,18H,7-8,10-13H2,1-3H3,(H,20,23). The third-order valence-electron chi connectivity index (χ3n) is 3.98. The van der Waals surface area contributed by atoms with Crippen LogP contribution in [0.4, 0.5) is 0 Å². The second-order valence-corrected chi connectivity index (χ2v) is 6.82. The largest absolute Gasteiger partial charge is 0.484 e. The normalized spacial score (nSPS) is 18.2. The summed E-state index contributed by atoms with van der Waals surface area (Å²) in [5.74, 6) is 0.903. The van der Waals surface area contributed by atoms with Crippen LogP contribution in [0.3, 0.4) is 0 Å². The molecule has 1 fully saturated rings. The van der Waals surface area contributed by atoms with Gasteiger partial charge in [-0.3, -0.25) is 14.5 Å². The summed E-state index contributed by atoms with van der Waals surface area (Å²) in [5, 5.41) is 2.85. The molecule has 1 N–H and O–H groups in total. The van der Waals surface area contributed by atoms with Crippen molar-refractivity contribution in [1.29, 1.82) is 0 Å². The highest BCUT2D eigenvalue weighted by Gasteiger charge is 2.21. The highest BCUT2D eigenvalue weighted by Crippen LogP contribution is 2.13. The summed E-state index contributed by atoms with van der Waals surface area (Å²) < 4.78 is 11.2. The van der Waals surface area contributed by atoms with Gasteiger partial charge in [-0.05, 0) is 25.0 Å². The molecule has 1 atom stereocenters. The number of Topliss-reactive ketones (excluding diaryl/α,β-unsaturated/α-hetero) is 1. The first-order chi connectivity index (χ1) is 11.9. The fourth-order valence-corrected chi connectivity index (χ4v) is 2.82. The lowest BCUT2D eigenvalue weighted by Gasteiger charge is -2.33. The molecule has 0 saturated carbocycles. The number of morpholine rings is 1. The number of amides is 1. The fraction of sp³-hybridized carbons (Fsp3) is 0.579. The summed E-state index contributed by atoms with van der Waals surface area (Å²) in [7, 11) is 0. The molecule has 6 heteroatoms. The number of rotatable bonds is 8. The molecule has 1 amide bonds. The first-order valence-electron chi connectivity index (χ1n) is 8.78. The van der Waals surface area contributed by atoms with Gasteiger partial charge in [-0.1, -0.05) is 26.0 Å². The molecule has 1 unspecified atom stereocenters. The zero-order chi connectivity index (χ0) is 18.2. The molecule has 2 rings (SSSR count). The zero-order valence-corrected chi connectivity index (χ0v) is 15.3. The number of hydrogen-bond acceptors (Lipinski definition) is 5. The minimum Gasteiger partial charge on any atom is -0.484 e. The molecule has 0 bridgehead atoms.